The number of aryl methyl sites for hydroxylation is 1. The highest BCUT2D eigenvalue weighted by Crippen LogP contribution is 2.26. The Bertz CT molecular complexity index is 747. The van der Waals surface area contributed by atoms with Crippen LogP contribution in [-0.4, -0.2) is 9.97 Å². The molecule has 3 rings (SSSR count). The van der Waals surface area contributed by atoms with Crippen molar-refractivity contribution >= 4 is 11.0 Å². The van der Waals surface area contributed by atoms with E-state index in [2.05, 4.69) is 9.97 Å². The molecule has 0 amide bonds. The highest BCUT2D eigenvalue weighted by atomic mass is 19.2. The number of benzene rings is 2. The first-order valence-corrected chi connectivity index (χ1v) is 6.12. The van der Waals surface area contributed by atoms with Crippen LogP contribution in [0, 0.1) is 11.6 Å². The molecule has 1 N–H and O–H groups in total. The van der Waals surface area contributed by atoms with Crippen LogP contribution < -0.4 is 0 Å². The molecule has 0 aliphatic carbocycles. The van der Waals surface area contributed by atoms with Gasteiger partial charge < -0.3 is 4.98 Å². The van der Waals surface area contributed by atoms with E-state index in [9.17, 15) is 8.78 Å². The lowest BCUT2D eigenvalue weighted by atomic mass is 10.1. The third-order valence-corrected chi connectivity index (χ3v) is 3.20. The topological polar surface area (TPSA) is 28.7 Å². The molecule has 1 aromatic heterocycles. The smallest absolute Gasteiger partial charge is 0.186 e. The molecule has 0 saturated carbocycles. The van der Waals surface area contributed by atoms with Crippen molar-refractivity contribution in [2.45, 2.75) is 13.3 Å². The summed E-state index contributed by atoms with van der Waals surface area (Å²) in [5.74, 6) is -1.22. The molecule has 2 aromatic carbocycles. The highest BCUT2D eigenvalue weighted by Gasteiger charge is 2.13. The number of aromatic nitrogens is 2. The van der Waals surface area contributed by atoms with Crippen molar-refractivity contribution in [1.82, 2.24) is 9.97 Å². The number of nitrogens with zero attached hydrogens (tertiary/aromatic N) is 1. The summed E-state index contributed by atoms with van der Waals surface area (Å²) in [5.41, 5.74) is 2.57. The molecular formula is C15H12F2N2. The molecule has 1 heterocycles. The molecule has 4 heteroatoms. The Hall–Kier alpha value is -2.23. The van der Waals surface area contributed by atoms with Crippen LogP contribution >= 0.6 is 0 Å². The summed E-state index contributed by atoms with van der Waals surface area (Å²) in [6.07, 6.45) is 0.851. The van der Waals surface area contributed by atoms with Crippen LogP contribution in [0.25, 0.3) is 22.4 Å². The summed E-state index contributed by atoms with van der Waals surface area (Å²) < 4.78 is 26.8. The molecule has 0 aliphatic rings. The van der Waals surface area contributed by atoms with Crippen molar-refractivity contribution in [3.63, 3.8) is 0 Å². The van der Waals surface area contributed by atoms with Crippen LogP contribution in [0.4, 0.5) is 8.78 Å². The molecule has 96 valence electrons. The van der Waals surface area contributed by atoms with Crippen molar-refractivity contribution in [3.05, 3.63) is 53.6 Å². The van der Waals surface area contributed by atoms with Crippen LogP contribution in [0.1, 0.15) is 12.5 Å². The van der Waals surface area contributed by atoms with E-state index in [0.29, 0.717) is 11.3 Å². The number of rotatable bonds is 2. The molecule has 0 unspecified atom stereocenters. The van der Waals surface area contributed by atoms with Crippen molar-refractivity contribution in [2.75, 3.05) is 0 Å². The maximum absolute atomic E-state index is 13.7. The van der Waals surface area contributed by atoms with Gasteiger partial charge in [0.1, 0.15) is 11.3 Å². The van der Waals surface area contributed by atoms with E-state index in [0.717, 1.165) is 23.6 Å². The first-order valence-electron chi connectivity index (χ1n) is 6.12. The van der Waals surface area contributed by atoms with Gasteiger partial charge in [0, 0.05) is 5.56 Å². The minimum absolute atomic E-state index is 0.0425. The summed E-state index contributed by atoms with van der Waals surface area (Å²) in [7, 11) is 0. The number of nitrogens with one attached hydrogen (secondary N) is 1. The van der Waals surface area contributed by atoms with Gasteiger partial charge in [-0.15, -0.1) is 0 Å². The second-order valence-electron chi connectivity index (χ2n) is 4.35. The summed E-state index contributed by atoms with van der Waals surface area (Å²) in [6, 6.07) is 10.4. The fourth-order valence-electron chi connectivity index (χ4n) is 2.20. The lowest BCUT2D eigenvalue weighted by Crippen LogP contribution is -1.88. The Morgan fingerprint density at radius 2 is 1.89 bits per heavy atom. The molecule has 2 nitrogen and oxygen atoms in total. The minimum Gasteiger partial charge on any atom is -0.338 e. The number of hydrogen-bond donors (Lipinski definition) is 1. The normalized spacial score (nSPS) is 11.1. The molecule has 19 heavy (non-hydrogen) atoms. The molecule has 0 aliphatic heterocycles. The number of hydrogen-bond acceptors (Lipinski definition) is 1. The average molecular weight is 258 g/mol. The van der Waals surface area contributed by atoms with Gasteiger partial charge in [-0.05, 0) is 24.1 Å². The monoisotopic (exact) mass is 258 g/mol. The Morgan fingerprint density at radius 3 is 2.68 bits per heavy atom. The van der Waals surface area contributed by atoms with Crippen LogP contribution in [-0.2, 0) is 6.42 Å². The van der Waals surface area contributed by atoms with Crippen LogP contribution in [0.15, 0.2) is 36.4 Å². The van der Waals surface area contributed by atoms with E-state index < -0.39 is 11.6 Å². The van der Waals surface area contributed by atoms with Gasteiger partial charge in [-0.25, -0.2) is 13.8 Å². The van der Waals surface area contributed by atoms with E-state index in [-0.39, 0.29) is 5.52 Å². The molecule has 0 spiro atoms. The zero-order valence-corrected chi connectivity index (χ0v) is 10.4. The number of H-pyrrole nitrogens is 1. The van der Waals surface area contributed by atoms with Crippen LogP contribution in [0.3, 0.4) is 0 Å². The lowest BCUT2D eigenvalue weighted by Gasteiger charge is -2.03. The summed E-state index contributed by atoms with van der Waals surface area (Å²) in [6.45, 7) is 2.04. The lowest BCUT2D eigenvalue weighted by molar-refractivity contribution is 0.515. The van der Waals surface area contributed by atoms with Gasteiger partial charge in [0.25, 0.3) is 0 Å². The zero-order chi connectivity index (χ0) is 13.4. The van der Waals surface area contributed by atoms with E-state index in [1.54, 1.807) is 0 Å². The SMILES string of the molecule is CCc1ccccc1-c1nc2c(F)c(F)ccc2[nH]1. The number of imidazole rings is 1. The number of fused-ring (bicyclic) bond motifs is 1. The Labute approximate surface area is 109 Å². The number of halogens is 2. The van der Waals surface area contributed by atoms with Gasteiger partial charge in [-0.1, -0.05) is 31.2 Å². The molecule has 0 fully saturated rings. The first kappa shape index (κ1) is 11.8. The average Bonchev–Trinajstić information content (AvgIpc) is 2.87. The van der Waals surface area contributed by atoms with E-state index in [4.69, 9.17) is 0 Å². The van der Waals surface area contributed by atoms with E-state index in [1.165, 1.54) is 6.07 Å². The minimum atomic E-state index is -0.908. The van der Waals surface area contributed by atoms with E-state index in [1.807, 2.05) is 31.2 Å². The maximum Gasteiger partial charge on any atom is 0.186 e. The molecule has 0 radical (unpaired) electrons. The second-order valence-corrected chi connectivity index (χ2v) is 4.35. The zero-order valence-electron chi connectivity index (χ0n) is 10.4. The van der Waals surface area contributed by atoms with Crippen LogP contribution in [0.2, 0.25) is 0 Å². The summed E-state index contributed by atoms with van der Waals surface area (Å²) >= 11 is 0. The Kier molecular flexibility index (Phi) is 2.78. The molecule has 0 bridgehead atoms. The second kappa shape index (κ2) is 4.46. The third-order valence-electron chi connectivity index (χ3n) is 3.20. The predicted molar refractivity (Wildman–Crippen MR) is 70.8 cm³/mol. The molecule has 0 saturated heterocycles. The highest BCUT2D eigenvalue weighted by molar-refractivity contribution is 5.80. The van der Waals surface area contributed by atoms with Crippen molar-refractivity contribution in [3.8, 4) is 11.4 Å². The number of aromatic amines is 1. The predicted octanol–water partition coefficient (Wildman–Crippen LogP) is 4.07. The third kappa shape index (κ3) is 1.89. The van der Waals surface area contributed by atoms with Gasteiger partial charge in [-0.2, -0.15) is 0 Å². The first-order chi connectivity index (χ1) is 9.20. The summed E-state index contributed by atoms with van der Waals surface area (Å²) in [4.78, 5) is 7.22. The summed E-state index contributed by atoms with van der Waals surface area (Å²) in [5, 5.41) is 0. The molecule has 0 atom stereocenters. The largest absolute Gasteiger partial charge is 0.338 e. The maximum atomic E-state index is 13.7. The van der Waals surface area contributed by atoms with Gasteiger partial charge in [0.2, 0.25) is 0 Å². The van der Waals surface area contributed by atoms with Gasteiger partial charge in [-0.3, -0.25) is 0 Å². The van der Waals surface area contributed by atoms with Crippen LogP contribution in [0.5, 0.6) is 0 Å². The van der Waals surface area contributed by atoms with Gasteiger partial charge in [0.15, 0.2) is 11.6 Å². The van der Waals surface area contributed by atoms with Gasteiger partial charge >= 0.3 is 0 Å². The molecule has 3 aromatic rings. The molecular weight excluding hydrogens is 246 g/mol. The van der Waals surface area contributed by atoms with Crippen molar-refractivity contribution < 1.29 is 8.78 Å². The van der Waals surface area contributed by atoms with Gasteiger partial charge in [0.05, 0.1) is 5.52 Å². The Balaban J connectivity index is 2.24. The fraction of sp³-hybridized carbons (Fsp3) is 0.133. The Morgan fingerprint density at radius 1 is 1.11 bits per heavy atom. The standard InChI is InChI=1S/C15H12F2N2/c1-2-9-5-3-4-6-10(9)15-18-12-8-7-11(16)13(17)14(12)19-15/h3-8H,2H2,1H3,(H,18,19). The van der Waals surface area contributed by atoms with Crippen molar-refractivity contribution in [2.24, 2.45) is 0 Å². The van der Waals surface area contributed by atoms with E-state index >= 15 is 0 Å². The van der Waals surface area contributed by atoms with Crippen molar-refractivity contribution in [1.29, 1.82) is 0 Å². The quantitative estimate of drug-likeness (QED) is 0.737. The fourth-order valence-corrected chi connectivity index (χ4v) is 2.20.